The number of carbonyl (C=O) groups is 2. The zero-order valence-electron chi connectivity index (χ0n) is 18.3. The number of likely N-dealkylation sites (tertiary alicyclic amines) is 1. The molecule has 0 saturated carbocycles. The van der Waals surface area contributed by atoms with Crippen LogP contribution in [0.25, 0.3) is 11.1 Å². The maximum Gasteiger partial charge on any atom is 0.326 e. The second-order valence-electron chi connectivity index (χ2n) is 8.21. The summed E-state index contributed by atoms with van der Waals surface area (Å²) in [5.74, 6) is -1.41. The normalized spacial score (nSPS) is 18.0. The van der Waals surface area contributed by atoms with Crippen molar-refractivity contribution >= 4 is 39.2 Å². The van der Waals surface area contributed by atoms with Gasteiger partial charge in [-0.15, -0.1) is 0 Å². The van der Waals surface area contributed by atoms with Gasteiger partial charge in [-0.05, 0) is 59.9 Å². The number of carbonyl (C=O) groups excluding carboxylic acids is 1. The Morgan fingerprint density at radius 1 is 0.941 bits per heavy atom. The number of hydrogen-bond acceptors (Lipinski definition) is 4. The summed E-state index contributed by atoms with van der Waals surface area (Å²) in [6.45, 7) is 0. The van der Waals surface area contributed by atoms with E-state index in [-0.39, 0.29) is 5.91 Å². The minimum Gasteiger partial charge on any atom is -0.480 e. The van der Waals surface area contributed by atoms with Crippen LogP contribution in [0.2, 0.25) is 5.02 Å². The lowest BCUT2D eigenvalue weighted by Gasteiger charge is -2.29. The van der Waals surface area contributed by atoms with Gasteiger partial charge in [0, 0.05) is 16.3 Å². The number of rotatable bonds is 6. The highest BCUT2D eigenvalue weighted by Gasteiger charge is 2.42. The van der Waals surface area contributed by atoms with Gasteiger partial charge in [0.05, 0.1) is 12.3 Å². The molecular formula is C25H23ClN2O5S. The van der Waals surface area contributed by atoms with Gasteiger partial charge in [0.2, 0.25) is 10.0 Å². The van der Waals surface area contributed by atoms with E-state index in [1.807, 2.05) is 12.1 Å². The van der Waals surface area contributed by atoms with E-state index in [0.717, 1.165) is 22.9 Å². The van der Waals surface area contributed by atoms with E-state index in [9.17, 15) is 23.1 Å². The van der Waals surface area contributed by atoms with Crippen molar-refractivity contribution in [3.05, 3.63) is 88.9 Å². The molecule has 1 fully saturated rings. The van der Waals surface area contributed by atoms with Crippen LogP contribution in [0.15, 0.2) is 72.8 Å². The van der Waals surface area contributed by atoms with E-state index in [0.29, 0.717) is 29.1 Å². The first-order valence-corrected chi connectivity index (χ1v) is 12.9. The van der Waals surface area contributed by atoms with Crippen molar-refractivity contribution in [2.45, 2.75) is 24.9 Å². The third-order valence-corrected chi connectivity index (χ3v) is 6.77. The third-order valence-electron chi connectivity index (χ3n) is 5.82. The summed E-state index contributed by atoms with van der Waals surface area (Å²) >= 11 is 6.36. The highest BCUT2D eigenvalue weighted by Crippen LogP contribution is 2.40. The van der Waals surface area contributed by atoms with Gasteiger partial charge in [0.15, 0.2) is 0 Å². The molecule has 1 aliphatic rings. The van der Waals surface area contributed by atoms with E-state index in [1.54, 1.807) is 60.7 Å². The van der Waals surface area contributed by atoms with Crippen LogP contribution >= 0.6 is 11.6 Å². The molecule has 0 spiro atoms. The molecule has 9 heteroatoms. The summed E-state index contributed by atoms with van der Waals surface area (Å²) < 4.78 is 25.2. The van der Waals surface area contributed by atoms with Crippen LogP contribution in [0.1, 0.15) is 34.8 Å². The maximum absolute atomic E-state index is 13.4. The molecule has 7 nitrogen and oxygen atoms in total. The SMILES string of the molecule is CS(=O)(=O)Nc1ccc(-c2ccc(C(=O)N3[C@@H](c4ccccc4Cl)CC[C@H]3C(=O)O)cc2)cc1. The van der Waals surface area contributed by atoms with E-state index < -0.39 is 28.1 Å². The summed E-state index contributed by atoms with van der Waals surface area (Å²) in [6, 6.07) is 19.6. The molecule has 1 amide bonds. The minimum absolute atomic E-state index is 0.350. The molecule has 2 atom stereocenters. The highest BCUT2D eigenvalue weighted by molar-refractivity contribution is 7.92. The topological polar surface area (TPSA) is 104 Å². The molecule has 1 aliphatic heterocycles. The number of amides is 1. The fourth-order valence-corrected chi connectivity index (χ4v) is 5.11. The number of nitrogens with zero attached hydrogens (tertiary/aromatic N) is 1. The Balaban J connectivity index is 1.59. The van der Waals surface area contributed by atoms with Crippen molar-refractivity contribution in [2.24, 2.45) is 0 Å². The van der Waals surface area contributed by atoms with Gasteiger partial charge in [-0.1, -0.05) is 54.1 Å². The first-order valence-electron chi connectivity index (χ1n) is 10.6. The lowest BCUT2D eigenvalue weighted by molar-refractivity contribution is -0.141. The molecule has 1 saturated heterocycles. The van der Waals surface area contributed by atoms with Crippen molar-refractivity contribution < 1.29 is 23.1 Å². The molecule has 2 N–H and O–H groups in total. The minimum atomic E-state index is -3.36. The number of hydrogen-bond donors (Lipinski definition) is 2. The molecule has 0 unspecified atom stereocenters. The molecule has 1 heterocycles. The molecule has 176 valence electrons. The van der Waals surface area contributed by atoms with Crippen LogP contribution in [0, 0.1) is 0 Å². The Labute approximate surface area is 203 Å². The number of halogens is 1. The van der Waals surface area contributed by atoms with Crippen LogP contribution in [0.5, 0.6) is 0 Å². The number of sulfonamides is 1. The Hall–Kier alpha value is -3.36. The van der Waals surface area contributed by atoms with Crippen LogP contribution in [0.4, 0.5) is 5.69 Å². The molecule has 4 rings (SSSR count). The summed E-state index contributed by atoms with van der Waals surface area (Å²) in [4.78, 5) is 26.8. The Morgan fingerprint density at radius 2 is 1.53 bits per heavy atom. The van der Waals surface area contributed by atoms with Crippen molar-refractivity contribution in [1.29, 1.82) is 0 Å². The van der Waals surface area contributed by atoms with Gasteiger partial charge < -0.3 is 10.0 Å². The van der Waals surface area contributed by atoms with Gasteiger partial charge in [0.25, 0.3) is 5.91 Å². The number of carboxylic acid groups (broad SMARTS) is 1. The number of anilines is 1. The number of aliphatic carboxylic acids is 1. The monoisotopic (exact) mass is 498 g/mol. The van der Waals surface area contributed by atoms with Crippen molar-refractivity contribution in [3.63, 3.8) is 0 Å². The van der Waals surface area contributed by atoms with Crippen LogP contribution in [-0.2, 0) is 14.8 Å². The van der Waals surface area contributed by atoms with E-state index in [2.05, 4.69) is 4.72 Å². The molecular weight excluding hydrogens is 476 g/mol. The quantitative estimate of drug-likeness (QED) is 0.507. The predicted octanol–water partition coefficient (Wildman–Crippen LogP) is 4.81. The number of benzene rings is 3. The average Bonchev–Trinajstić information content (AvgIpc) is 3.24. The first-order chi connectivity index (χ1) is 16.1. The fourth-order valence-electron chi connectivity index (χ4n) is 4.29. The zero-order valence-corrected chi connectivity index (χ0v) is 19.9. The summed E-state index contributed by atoms with van der Waals surface area (Å²) in [7, 11) is -3.36. The van der Waals surface area contributed by atoms with E-state index >= 15 is 0 Å². The lowest BCUT2D eigenvalue weighted by atomic mass is 10.0. The second kappa shape index (κ2) is 9.48. The Morgan fingerprint density at radius 3 is 2.09 bits per heavy atom. The largest absolute Gasteiger partial charge is 0.480 e. The van der Waals surface area contributed by atoms with Crippen LogP contribution < -0.4 is 4.72 Å². The van der Waals surface area contributed by atoms with Gasteiger partial charge in [0.1, 0.15) is 6.04 Å². The standard InChI is InChI=1S/C25H23ClN2O5S/c1-34(32,33)27-19-12-10-17(11-13-19)16-6-8-18(9-7-16)24(29)28-22(14-15-23(28)25(30)31)20-4-2-3-5-21(20)26/h2-13,22-23,27H,14-15H2,1H3,(H,30,31)/t22-,23+/m1/s1. The van der Waals surface area contributed by atoms with Crippen LogP contribution in [0.3, 0.4) is 0 Å². The van der Waals surface area contributed by atoms with Gasteiger partial charge >= 0.3 is 5.97 Å². The van der Waals surface area contributed by atoms with E-state index in [1.165, 1.54) is 4.90 Å². The molecule has 0 aliphatic carbocycles. The summed E-state index contributed by atoms with van der Waals surface area (Å²) in [6.07, 6.45) is 1.95. The summed E-state index contributed by atoms with van der Waals surface area (Å²) in [5, 5.41) is 10.2. The Bertz CT molecular complexity index is 1320. The van der Waals surface area contributed by atoms with Gasteiger partial charge in [-0.3, -0.25) is 9.52 Å². The molecule has 0 aromatic heterocycles. The highest BCUT2D eigenvalue weighted by atomic mass is 35.5. The van der Waals surface area contributed by atoms with Gasteiger partial charge in [-0.25, -0.2) is 13.2 Å². The third kappa shape index (κ3) is 5.08. The van der Waals surface area contributed by atoms with E-state index in [4.69, 9.17) is 11.6 Å². The zero-order chi connectivity index (χ0) is 24.5. The summed E-state index contributed by atoms with van der Waals surface area (Å²) in [5.41, 5.74) is 3.25. The smallest absolute Gasteiger partial charge is 0.326 e. The first kappa shape index (κ1) is 23.8. The molecule has 3 aromatic rings. The lowest BCUT2D eigenvalue weighted by Crippen LogP contribution is -2.41. The number of carboxylic acids is 1. The van der Waals surface area contributed by atoms with Crippen molar-refractivity contribution in [1.82, 2.24) is 4.90 Å². The molecule has 0 radical (unpaired) electrons. The van der Waals surface area contributed by atoms with Gasteiger partial charge in [-0.2, -0.15) is 0 Å². The second-order valence-corrected chi connectivity index (χ2v) is 10.4. The number of nitrogens with one attached hydrogen (secondary N) is 1. The predicted molar refractivity (Wildman–Crippen MR) is 131 cm³/mol. The Kier molecular flexibility index (Phi) is 6.63. The molecule has 3 aromatic carbocycles. The van der Waals surface area contributed by atoms with Crippen molar-refractivity contribution in [2.75, 3.05) is 11.0 Å². The molecule has 34 heavy (non-hydrogen) atoms. The fraction of sp³-hybridized carbons (Fsp3) is 0.200. The average molecular weight is 499 g/mol. The van der Waals surface area contributed by atoms with Crippen LogP contribution in [-0.4, -0.2) is 42.6 Å². The maximum atomic E-state index is 13.4. The van der Waals surface area contributed by atoms with Crippen molar-refractivity contribution in [3.8, 4) is 11.1 Å². The molecule has 0 bridgehead atoms.